The van der Waals surface area contributed by atoms with Gasteiger partial charge >= 0.3 is 12.1 Å². The van der Waals surface area contributed by atoms with E-state index in [9.17, 15) is 22.8 Å². The Morgan fingerprint density at radius 1 is 1.21 bits per heavy atom. The van der Waals surface area contributed by atoms with Gasteiger partial charge in [0.15, 0.2) is 22.0 Å². The first-order valence-corrected chi connectivity index (χ1v) is 13.0. The summed E-state index contributed by atoms with van der Waals surface area (Å²) in [7, 11) is 2.92. The van der Waals surface area contributed by atoms with Crippen molar-refractivity contribution in [2.75, 3.05) is 20.8 Å². The van der Waals surface area contributed by atoms with Crippen LogP contribution in [0.25, 0.3) is 6.08 Å². The standard InChI is InChI=1S/C25H19BrClF3N2O5S/c1-4-37-23(34)18-19(13-5-7-14(27)8-6-13)32-22(33)17(38-24(32)31-21(18)25(28,29)30)11-12-9-15(26)20(36-3)16(10-12)35-2/h5-11,19H,4H2,1-3H3/b17-11-/t19-/m1/s1. The molecule has 0 bridgehead atoms. The molecule has 0 spiro atoms. The fourth-order valence-electron chi connectivity index (χ4n) is 3.97. The van der Waals surface area contributed by atoms with Gasteiger partial charge in [-0.05, 0) is 64.3 Å². The number of alkyl halides is 3. The third kappa shape index (κ3) is 5.25. The molecule has 1 aliphatic rings. The van der Waals surface area contributed by atoms with Crippen molar-refractivity contribution in [3.63, 3.8) is 0 Å². The second-order valence-corrected chi connectivity index (χ2v) is 10.2. The van der Waals surface area contributed by atoms with E-state index in [1.165, 1.54) is 51.5 Å². The van der Waals surface area contributed by atoms with Gasteiger partial charge in [0.2, 0.25) is 0 Å². The van der Waals surface area contributed by atoms with Crippen molar-refractivity contribution < 1.29 is 32.2 Å². The topological polar surface area (TPSA) is 79.1 Å². The molecule has 1 atom stereocenters. The largest absolute Gasteiger partial charge is 0.493 e. The highest BCUT2D eigenvalue weighted by atomic mass is 79.9. The molecule has 13 heteroatoms. The van der Waals surface area contributed by atoms with Crippen molar-refractivity contribution in [3.8, 4) is 11.5 Å². The van der Waals surface area contributed by atoms with Crippen LogP contribution < -0.4 is 24.4 Å². The van der Waals surface area contributed by atoms with Crippen molar-refractivity contribution in [1.29, 1.82) is 0 Å². The minimum Gasteiger partial charge on any atom is -0.493 e. The van der Waals surface area contributed by atoms with E-state index in [0.29, 0.717) is 26.6 Å². The van der Waals surface area contributed by atoms with E-state index < -0.39 is 35.0 Å². The molecule has 38 heavy (non-hydrogen) atoms. The van der Waals surface area contributed by atoms with Gasteiger partial charge in [-0.1, -0.05) is 35.1 Å². The molecule has 3 aromatic rings. The van der Waals surface area contributed by atoms with Crippen LogP contribution in [0.1, 0.15) is 24.1 Å². The number of nitrogens with zero attached hydrogens (tertiary/aromatic N) is 2. The normalized spacial score (nSPS) is 15.7. The average molecular weight is 632 g/mol. The molecule has 0 amide bonds. The van der Waals surface area contributed by atoms with E-state index in [4.69, 9.17) is 25.8 Å². The number of carbonyl (C=O) groups excluding carboxylic acids is 1. The molecule has 2 heterocycles. The number of carbonyl (C=O) groups is 1. The maximum Gasteiger partial charge on any atom is 0.434 e. The van der Waals surface area contributed by atoms with Crippen molar-refractivity contribution in [2.24, 2.45) is 4.99 Å². The maximum atomic E-state index is 14.2. The van der Waals surface area contributed by atoms with Gasteiger partial charge in [-0.15, -0.1) is 0 Å². The van der Waals surface area contributed by atoms with Crippen LogP contribution >= 0.6 is 38.9 Å². The Bertz CT molecular complexity index is 1610. The third-order valence-corrected chi connectivity index (χ3v) is 7.36. The number of benzene rings is 2. The van der Waals surface area contributed by atoms with Crippen LogP contribution in [0.15, 0.2) is 61.9 Å². The molecule has 0 aliphatic carbocycles. The number of hydrogen-bond donors (Lipinski definition) is 0. The smallest absolute Gasteiger partial charge is 0.434 e. The molecule has 0 radical (unpaired) electrons. The summed E-state index contributed by atoms with van der Waals surface area (Å²) in [5, 5.41) is 0.331. The molecule has 4 rings (SSSR count). The Balaban J connectivity index is 2.03. The Labute approximate surface area is 231 Å². The molecule has 2 aromatic carbocycles. The van der Waals surface area contributed by atoms with E-state index in [-0.39, 0.29) is 21.5 Å². The predicted octanol–water partition coefficient (Wildman–Crippen LogP) is 4.77. The third-order valence-electron chi connectivity index (χ3n) is 5.53. The summed E-state index contributed by atoms with van der Waals surface area (Å²) in [5.74, 6) is -0.409. The predicted molar refractivity (Wildman–Crippen MR) is 139 cm³/mol. The molecule has 1 aliphatic heterocycles. The van der Waals surface area contributed by atoms with E-state index in [0.717, 1.165) is 15.9 Å². The van der Waals surface area contributed by atoms with Gasteiger partial charge in [-0.25, -0.2) is 9.79 Å². The van der Waals surface area contributed by atoms with Crippen LogP contribution in [0, 0.1) is 0 Å². The number of methoxy groups -OCH3 is 2. The maximum absolute atomic E-state index is 14.2. The highest BCUT2D eigenvalue weighted by molar-refractivity contribution is 9.10. The van der Waals surface area contributed by atoms with E-state index in [1.807, 2.05) is 0 Å². The molecule has 7 nitrogen and oxygen atoms in total. The number of aromatic nitrogens is 1. The van der Waals surface area contributed by atoms with Crippen LogP contribution in [-0.4, -0.2) is 37.5 Å². The highest BCUT2D eigenvalue weighted by Crippen LogP contribution is 2.39. The van der Waals surface area contributed by atoms with Crippen molar-refractivity contribution >= 4 is 50.9 Å². The number of fused-ring (bicyclic) bond motifs is 1. The van der Waals surface area contributed by atoms with E-state index >= 15 is 0 Å². The fraction of sp³-hybridized carbons (Fsp3) is 0.240. The van der Waals surface area contributed by atoms with E-state index in [2.05, 4.69) is 20.9 Å². The average Bonchev–Trinajstić information content (AvgIpc) is 3.17. The molecule has 200 valence electrons. The Morgan fingerprint density at radius 2 is 1.89 bits per heavy atom. The molecular weight excluding hydrogens is 613 g/mol. The minimum absolute atomic E-state index is 0.0912. The Morgan fingerprint density at radius 3 is 2.47 bits per heavy atom. The van der Waals surface area contributed by atoms with Crippen molar-refractivity contribution in [1.82, 2.24) is 4.57 Å². The van der Waals surface area contributed by atoms with E-state index in [1.54, 1.807) is 12.1 Å². The number of allylic oxidation sites excluding steroid dienone is 1. The van der Waals surface area contributed by atoms with Gasteiger partial charge in [-0.2, -0.15) is 13.2 Å². The first-order valence-electron chi connectivity index (χ1n) is 11.0. The molecule has 0 fully saturated rings. The van der Waals surface area contributed by atoms with Crippen LogP contribution in [-0.2, 0) is 9.53 Å². The summed E-state index contributed by atoms with van der Waals surface area (Å²) in [6.45, 7) is 1.30. The summed E-state index contributed by atoms with van der Waals surface area (Å²) >= 11 is 10.1. The number of thiazole rings is 1. The monoisotopic (exact) mass is 630 g/mol. The molecular formula is C25H19BrClF3N2O5S. The lowest BCUT2D eigenvalue weighted by molar-refractivity contribution is -0.140. The first-order chi connectivity index (χ1) is 18.0. The minimum atomic E-state index is -4.99. The number of esters is 1. The fourth-order valence-corrected chi connectivity index (χ4v) is 5.72. The van der Waals surface area contributed by atoms with Crippen LogP contribution in [0.3, 0.4) is 0 Å². The quantitative estimate of drug-likeness (QED) is 0.366. The number of halogens is 5. The summed E-state index contributed by atoms with van der Waals surface area (Å²) in [6.07, 6.45) is -3.49. The zero-order valence-electron chi connectivity index (χ0n) is 20.1. The highest BCUT2D eigenvalue weighted by Gasteiger charge is 2.45. The van der Waals surface area contributed by atoms with Crippen molar-refractivity contribution in [2.45, 2.75) is 19.1 Å². The van der Waals surface area contributed by atoms with Crippen LogP contribution in [0.5, 0.6) is 11.5 Å². The lowest BCUT2D eigenvalue weighted by Gasteiger charge is -2.26. The summed E-state index contributed by atoms with van der Waals surface area (Å²) in [5.41, 5.74) is -2.09. The molecule has 0 saturated carbocycles. The van der Waals surface area contributed by atoms with Gasteiger partial charge in [-0.3, -0.25) is 9.36 Å². The van der Waals surface area contributed by atoms with Gasteiger partial charge < -0.3 is 14.2 Å². The first kappa shape index (κ1) is 27.9. The zero-order chi connectivity index (χ0) is 27.8. The van der Waals surface area contributed by atoms with Gasteiger partial charge in [0.25, 0.3) is 5.56 Å². The summed E-state index contributed by atoms with van der Waals surface area (Å²) in [6, 6.07) is 7.67. The second-order valence-electron chi connectivity index (χ2n) is 7.85. The Kier molecular flexibility index (Phi) is 8.05. The number of ether oxygens (including phenoxy) is 3. The Hall–Kier alpha value is -3.09. The lowest BCUT2D eigenvalue weighted by Crippen LogP contribution is -2.41. The van der Waals surface area contributed by atoms with Gasteiger partial charge in [0.05, 0.1) is 41.4 Å². The summed E-state index contributed by atoms with van der Waals surface area (Å²) < 4.78 is 59.9. The van der Waals surface area contributed by atoms with Crippen molar-refractivity contribution in [3.05, 3.63) is 88.0 Å². The number of hydrogen-bond acceptors (Lipinski definition) is 7. The molecule has 1 aromatic heterocycles. The lowest BCUT2D eigenvalue weighted by atomic mass is 9.95. The zero-order valence-corrected chi connectivity index (χ0v) is 23.2. The SMILES string of the molecule is CCOC(=O)C1=C(C(F)(F)F)N=c2s/c(=C\c3cc(Br)c(OC)c(OC)c3)c(=O)n2[C@@H]1c1ccc(Cl)cc1. The molecule has 0 unspecified atom stereocenters. The molecule has 0 N–H and O–H groups in total. The van der Waals surface area contributed by atoms with Crippen LogP contribution in [0.2, 0.25) is 5.02 Å². The van der Waals surface area contributed by atoms with Gasteiger partial charge in [0, 0.05) is 5.02 Å². The van der Waals surface area contributed by atoms with Gasteiger partial charge in [0.1, 0.15) is 0 Å². The second kappa shape index (κ2) is 11.0. The number of rotatable bonds is 6. The van der Waals surface area contributed by atoms with Crippen LogP contribution in [0.4, 0.5) is 13.2 Å². The summed E-state index contributed by atoms with van der Waals surface area (Å²) in [4.78, 5) is 30.0. The molecule has 0 saturated heterocycles.